The number of hydrogen-bond acceptors (Lipinski definition) is 7. The summed E-state index contributed by atoms with van der Waals surface area (Å²) in [7, 11) is 1.57. The Balaban J connectivity index is 1.73. The van der Waals surface area contributed by atoms with Gasteiger partial charge in [0, 0.05) is 38.8 Å². The van der Waals surface area contributed by atoms with Gasteiger partial charge in [0.1, 0.15) is 17.9 Å². The number of Topliss-reactive ketones (excluding diaryl/α,β-unsaturated/α-hetero) is 2. The molecule has 1 unspecified atom stereocenters. The summed E-state index contributed by atoms with van der Waals surface area (Å²) in [6, 6.07) is 6.07. The molecule has 288 valence electrons. The van der Waals surface area contributed by atoms with E-state index in [9.17, 15) is 33.6 Å². The normalized spacial score (nSPS) is 20.4. The number of unbranched alkanes of at least 4 members (excludes halogenated alkanes) is 1. The Kier molecular flexibility index (Phi) is 16.5. The highest BCUT2D eigenvalue weighted by molar-refractivity contribution is 6.38. The van der Waals surface area contributed by atoms with Crippen LogP contribution in [0.3, 0.4) is 0 Å². The molecule has 2 fully saturated rings. The first-order valence-electron chi connectivity index (χ1n) is 19.2. The largest absolute Gasteiger partial charge is 0.359 e. The average molecular weight is 724 g/mol. The van der Waals surface area contributed by atoms with Gasteiger partial charge in [-0.1, -0.05) is 77.8 Å². The van der Waals surface area contributed by atoms with Crippen LogP contribution in [0.5, 0.6) is 0 Å². The zero-order valence-electron chi connectivity index (χ0n) is 32.2. The van der Waals surface area contributed by atoms with E-state index in [1.54, 1.807) is 18.9 Å². The van der Waals surface area contributed by atoms with Gasteiger partial charge in [-0.15, -0.1) is 0 Å². The molecule has 12 nitrogen and oxygen atoms in total. The van der Waals surface area contributed by atoms with Crippen molar-refractivity contribution >= 4 is 41.1 Å². The molecule has 0 bridgehead atoms. The number of nitrogens with one attached hydrogen (secondary N) is 4. The van der Waals surface area contributed by atoms with Gasteiger partial charge in [-0.25, -0.2) is 0 Å². The minimum atomic E-state index is -1.05. The molecule has 4 N–H and O–H groups in total. The molecule has 0 spiro atoms. The van der Waals surface area contributed by atoms with Gasteiger partial charge in [0.05, 0.1) is 12.1 Å². The molecule has 1 aromatic rings. The molecule has 12 heteroatoms. The molecule has 0 aromatic heterocycles. The minimum Gasteiger partial charge on any atom is -0.359 e. The standard InChI is InChI=1S/C40H61N5O7/c1-8-15-32(36(48)39(51)42-26(6)27-16-10-9-11-17-27)43-38(50)35-30-20-14-18-28(30)23-45(35)40(52)34(25(4)5)44-37(49)31(24(2)3)22-29(46)19-12-13-21-33(47)41-7/h9-11,16-17,24-26,28,30-32,34-35H,8,12-15,18-23H2,1-7H3,(H,41,47)(H,42,51)(H,43,50)(H,44,49)/t26-,28-,30-,31-,32+,34-,35?/m0/s1. The Morgan fingerprint density at radius 2 is 1.52 bits per heavy atom. The van der Waals surface area contributed by atoms with Gasteiger partial charge in [0.25, 0.3) is 5.91 Å². The lowest BCUT2D eigenvalue weighted by molar-refractivity contribution is -0.145. The highest BCUT2D eigenvalue weighted by atomic mass is 16.2. The van der Waals surface area contributed by atoms with E-state index in [0.717, 1.165) is 24.8 Å². The quantitative estimate of drug-likeness (QED) is 0.116. The number of rotatable bonds is 20. The van der Waals surface area contributed by atoms with Gasteiger partial charge in [-0.3, -0.25) is 33.6 Å². The molecular weight excluding hydrogens is 662 g/mol. The minimum absolute atomic E-state index is 0.0337. The number of carbonyl (C=O) groups is 7. The van der Waals surface area contributed by atoms with Gasteiger partial charge in [-0.2, -0.15) is 0 Å². The van der Waals surface area contributed by atoms with E-state index in [-0.39, 0.29) is 66.4 Å². The molecule has 1 heterocycles. The van der Waals surface area contributed by atoms with Crippen LogP contribution in [0.25, 0.3) is 0 Å². The smallest absolute Gasteiger partial charge is 0.290 e. The third-order valence-electron chi connectivity index (χ3n) is 10.7. The predicted octanol–water partition coefficient (Wildman–Crippen LogP) is 4.02. The van der Waals surface area contributed by atoms with Crippen LogP contribution in [0.15, 0.2) is 30.3 Å². The Hall–Kier alpha value is -4.09. The molecular formula is C40H61N5O7. The molecule has 1 aromatic carbocycles. The van der Waals surface area contributed by atoms with Crippen molar-refractivity contribution in [2.75, 3.05) is 13.6 Å². The Morgan fingerprint density at radius 1 is 0.846 bits per heavy atom. The second-order valence-corrected chi connectivity index (χ2v) is 15.3. The van der Waals surface area contributed by atoms with Crippen molar-refractivity contribution in [2.24, 2.45) is 29.6 Å². The molecule has 1 aliphatic carbocycles. The van der Waals surface area contributed by atoms with Crippen LogP contribution in [-0.2, 0) is 33.6 Å². The summed E-state index contributed by atoms with van der Waals surface area (Å²) in [4.78, 5) is 94.6. The van der Waals surface area contributed by atoms with E-state index in [4.69, 9.17) is 0 Å². The van der Waals surface area contributed by atoms with E-state index in [1.807, 2.05) is 65.0 Å². The maximum absolute atomic E-state index is 14.3. The SMILES string of the molecule is CCC[C@@H](NC(=O)C1[C@H]2CCC[C@H]2CN1C(=O)[C@@H](NC(=O)[C@@H](CC(=O)CCCCC(=O)NC)C(C)C)C(C)C)C(=O)C(=O)N[C@@H](C)c1ccccc1. The van der Waals surface area contributed by atoms with Gasteiger partial charge >= 0.3 is 0 Å². The fourth-order valence-corrected chi connectivity index (χ4v) is 7.60. The lowest BCUT2D eigenvalue weighted by Crippen LogP contribution is -2.59. The van der Waals surface area contributed by atoms with Crippen LogP contribution >= 0.6 is 0 Å². The second-order valence-electron chi connectivity index (χ2n) is 15.3. The van der Waals surface area contributed by atoms with Gasteiger partial charge < -0.3 is 26.2 Å². The van der Waals surface area contributed by atoms with Crippen LogP contribution in [0.1, 0.15) is 117 Å². The third kappa shape index (κ3) is 11.5. The number of ketones is 2. The van der Waals surface area contributed by atoms with E-state index < -0.39 is 47.7 Å². The Bertz CT molecular complexity index is 1410. The summed E-state index contributed by atoms with van der Waals surface area (Å²) < 4.78 is 0. The zero-order valence-corrected chi connectivity index (χ0v) is 32.2. The van der Waals surface area contributed by atoms with Crippen molar-refractivity contribution in [2.45, 2.75) is 130 Å². The molecule has 1 saturated carbocycles. The Morgan fingerprint density at radius 3 is 2.13 bits per heavy atom. The van der Waals surface area contributed by atoms with Crippen molar-refractivity contribution < 1.29 is 33.6 Å². The van der Waals surface area contributed by atoms with E-state index in [1.165, 1.54) is 0 Å². The van der Waals surface area contributed by atoms with Gasteiger partial charge in [0.2, 0.25) is 29.4 Å². The highest BCUT2D eigenvalue weighted by Gasteiger charge is 2.51. The molecule has 7 atom stereocenters. The number of carbonyl (C=O) groups excluding carboxylic acids is 7. The van der Waals surface area contributed by atoms with Crippen LogP contribution in [0.4, 0.5) is 0 Å². The molecule has 2 aliphatic rings. The molecule has 1 saturated heterocycles. The van der Waals surface area contributed by atoms with Crippen LogP contribution < -0.4 is 21.3 Å². The zero-order chi connectivity index (χ0) is 38.5. The van der Waals surface area contributed by atoms with Gasteiger partial charge in [-0.05, 0) is 68.3 Å². The first-order chi connectivity index (χ1) is 24.7. The lowest BCUT2D eigenvalue weighted by atomic mass is 9.88. The maximum atomic E-state index is 14.3. The van der Waals surface area contributed by atoms with Crippen molar-refractivity contribution in [3.63, 3.8) is 0 Å². The molecule has 0 radical (unpaired) electrons. The van der Waals surface area contributed by atoms with Crippen LogP contribution in [-0.4, -0.2) is 77.7 Å². The predicted molar refractivity (Wildman–Crippen MR) is 198 cm³/mol. The number of hydrogen-bond donors (Lipinski definition) is 4. The van der Waals surface area contributed by atoms with Crippen molar-refractivity contribution in [1.29, 1.82) is 0 Å². The number of benzene rings is 1. The van der Waals surface area contributed by atoms with E-state index >= 15 is 0 Å². The molecule has 1 aliphatic heterocycles. The fraction of sp³-hybridized carbons (Fsp3) is 0.675. The first kappa shape index (κ1) is 42.3. The molecule has 3 rings (SSSR count). The number of likely N-dealkylation sites (tertiary alicyclic amines) is 1. The summed E-state index contributed by atoms with van der Waals surface area (Å²) in [6.45, 7) is 11.4. The fourth-order valence-electron chi connectivity index (χ4n) is 7.60. The summed E-state index contributed by atoms with van der Waals surface area (Å²) in [5.41, 5.74) is 0.847. The summed E-state index contributed by atoms with van der Waals surface area (Å²) >= 11 is 0. The van der Waals surface area contributed by atoms with Crippen molar-refractivity contribution in [3.05, 3.63) is 35.9 Å². The van der Waals surface area contributed by atoms with E-state index in [0.29, 0.717) is 32.2 Å². The topological polar surface area (TPSA) is 171 Å². The average Bonchev–Trinajstić information content (AvgIpc) is 3.72. The monoisotopic (exact) mass is 723 g/mol. The number of nitrogens with zero attached hydrogens (tertiary/aromatic N) is 1. The number of amides is 5. The second kappa shape index (κ2) is 20.2. The van der Waals surface area contributed by atoms with Gasteiger partial charge in [0.15, 0.2) is 0 Å². The van der Waals surface area contributed by atoms with Crippen molar-refractivity contribution in [3.8, 4) is 0 Å². The van der Waals surface area contributed by atoms with Crippen molar-refractivity contribution in [1.82, 2.24) is 26.2 Å². The molecule has 5 amide bonds. The first-order valence-corrected chi connectivity index (χ1v) is 19.2. The molecule has 52 heavy (non-hydrogen) atoms. The Labute approximate surface area is 309 Å². The third-order valence-corrected chi connectivity index (χ3v) is 10.7. The lowest BCUT2D eigenvalue weighted by Gasteiger charge is -2.33. The summed E-state index contributed by atoms with van der Waals surface area (Å²) in [6.07, 6.45) is 5.14. The van der Waals surface area contributed by atoms with Crippen LogP contribution in [0.2, 0.25) is 0 Å². The summed E-state index contributed by atoms with van der Waals surface area (Å²) in [5, 5.41) is 11.1. The van der Waals surface area contributed by atoms with E-state index in [2.05, 4.69) is 21.3 Å². The highest BCUT2D eigenvalue weighted by Crippen LogP contribution is 2.43. The van der Waals surface area contributed by atoms with Crippen LogP contribution in [0, 0.1) is 29.6 Å². The maximum Gasteiger partial charge on any atom is 0.290 e. The summed E-state index contributed by atoms with van der Waals surface area (Å²) in [5.74, 6) is -3.97. The number of fused-ring (bicyclic) bond motifs is 1.